The molecule has 0 unspecified atom stereocenters. The third-order valence-electron chi connectivity index (χ3n) is 4.50. The van der Waals surface area contributed by atoms with Crippen LogP contribution in [0.15, 0.2) is 53.7 Å². The van der Waals surface area contributed by atoms with Crippen molar-refractivity contribution in [2.45, 2.75) is 25.5 Å². The Morgan fingerprint density at radius 3 is 2.56 bits per heavy atom. The molecule has 0 aliphatic heterocycles. The Morgan fingerprint density at radius 1 is 1.12 bits per heavy atom. The maximum atomic E-state index is 12.3. The standard InChI is InChI=1S/C23H24ClN5O2S/c1-15-10-16(2)12-18(11-15)26-22(31)14-32-23-28-27-20(29(23)3)13-25-21(30)9-8-17-6-4-5-7-19(17)24/h4-12H,13-14H2,1-3H3,(H,25,30)(H,26,31)/b9-8+. The minimum atomic E-state index is -0.269. The van der Waals surface area contributed by atoms with E-state index in [0.717, 1.165) is 22.4 Å². The lowest BCUT2D eigenvalue weighted by atomic mass is 10.1. The monoisotopic (exact) mass is 469 g/mol. The van der Waals surface area contributed by atoms with Gasteiger partial charge in [0.15, 0.2) is 11.0 Å². The molecule has 3 aromatic rings. The number of carbonyl (C=O) groups is 2. The average Bonchev–Trinajstić information content (AvgIpc) is 3.09. The van der Waals surface area contributed by atoms with Crippen LogP contribution in [0.3, 0.4) is 0 Å². The van der Waals surface area contributed by atoms with Crippen molar-refractivity contribution >= 4 is 46.9 Å². The Kier molecular flexibility index (Phi) is 8.08. The number of thioether (sulfide) groups is 1. The first-order chi connectivity index (χ1) is 15.3. The van der Waals surface area contributed by atoms with E-state index >= 15 is 0 Å². The fourth-order valence-electron chi connectivity index (χ4n) is 3.00. The summed E-state index contributed by atoms with van der Waals surface area (Å²) in [6, 6.07) is 13.2. The molecule has 0 bridgehead atoms. The first-order valence-corrected chi connectivity index (χ1v) is 11.3. The van der Waals surface area contributed by atoms with Gasteiger partial charge in [0.1, 0.15) is 0 Å². The Labute approximate surface area is 196 Å². The Morgan fingerprint density at radius 2 is 1.84 bits per heavy atom. The summed E-state index contributed by atoms with van der Waals surface area (Å²) in [7, 11) is 1.80. The summed E-state index contributed by atoms with van der Waals surface area (Å²) in [4.78, 5) is 24.4. The summed E-state index contributed by atoms with van der Waals surface area (Å²) in [5, 5.41) is 15.1. The van der Waals surface area contributed by atoms with Gasteiger partial charge in [-0.2, -0.15) is 0 Å². The molecule has 7 nitrogen and oxygen atoms in total. The molecule has 0 saturated carbocycles. The van der Waals surface area contributed by atoms with Gasteiger partial charge in [-0.3, -0.25) is 9.59 Å². The van der Waals surface area contributed by atoms with Gasteiger partial charge in [0.25, 0.3) is 0 Å². The van der Waals surface area contributed by atoms with Crippen molar-refractivity contribution in [1.29, 1.82) is 0 Å². The van der Waals surface area contributed by atoms with Crippen molar-refractivity contribution < 1.29 is 9.59 Å². The number of aryl methyl sites for hydroxylation is 2. The van der Waals surface area contributed by atoms with E-state index in [-0.39, 0.29) is 24.1 Å². The molecule has 3 rings (SSSR count). The highest BCUT2D eigenvalue weighted by Gasteiger charge is 2.12. The first kappa shape index (κ1) is 23.6. The topological polar surface area (TPSA) is 88.9 Å². The highest BCUT2D eigenvalue weighted by Crippen LogP contribution is 2.18. The number of halogens is 1. The predicted molar refractivity (Wildman–Crippen MR) is 129 cm³/mol. The van der Waals surface area contributed by atoms with E-state index in [9.17, 15) is 9.59 Å². The van der Waals surface area contributed by atoms with E-state index in [2.05, 4.69) is 26.9 Å². The molecule has 9 heteroatoms. The largest absolute Gasteiger partial charge is 0.345 e. The van der Waals surface area contributed by atoms with E-state index in [0.29, 0.717) is 16.0 Å². The van der Waals surface area contributed by atoms with E-state index in [1.807, 2.05) is 44.2 Å². The number of rotatable bonds is 8. The number of nitrogens with zero attached hydrogens (tertiary/aromatic N) is 3. The number of benzene rings is 2. The van der Waals surface area contributed by atoms with Crippen LogP contribution in [0, 0.1) is 13.8 Å². The molecule has 2 N–H and O–H groups in total. The summed E-state index contributed by atoms with van der Waals surface area (Å²) < 4.78 is 1.76. The maximum absolute atomic E-state index is 12.3. The van der Waals surface area contributed by atoms with Crippen LogP contribution in [0.1, 0.15) is 22.5 Å². The Balaban J connectivity index is 1.50. The molecule has 32 heavy (non-hydrogen) atoms. The lowest BCUT2D eigenvalue weighted by Crippen LogP contribution is -2.22. The molecule has 2 amide bonds. The van der Waals surface area contributed by atoms with Crippen LogP contribution in [0.5, 0.6) is 0 Å². The number of carbonyl (C=O) groups excluding carboxylic acids is 2. The molecule has 166 valence electrons. The molecule has 0 aliphatic rings. The van der Waals surface area contributed by atoms with Crippen LogP contribution in [-0.4, -0.2) is 32.3 Å². The second kappa shape index (κ2) is 11.0. The predicted octanol–water partition coefficient (Wildman–Crippen LogP) is 4.15. The van der Waals surface area contributed by atoms with Gasteiger partial charge in [0.05, 0.1) is 12.3 Å². The zero-order valence-electron chi connectivity index (χ0n) is 18.1. The van der Waals surface area contributed by atoms with Crippen LogP contribution in [0.4, 0.5) is 5.69 Å². The van der Waals surface area contributed by atoms with Gasteiger partial charge in [-0.05, 0) is 54.8 Å². The van der Waals surface area contributed by atoms with Gasteiger partial charge in [-0.1, -0.05) is 47.6 Å². The summed E-state index contributed by atoms with van der Waals surface area (Å²) in [6.45, 7) is 4.19. The molecular weight excluding hydrogens is 446 g/mol. The van der Waals surface area contributed by atoms with Crippen molar-refractivity contribution in [2.75, 3.05) is 11.1 Å². The Bertz CT molecular complexity index is 1140. The number of hydrogen-bond acceptors (Lipinski definition) is 5. The van der Waals surface area contributed by atoms with Crippen molar-refractivity contribution in [2.24, 2.45) is 7.05 Å². The summed E-state index contributed by atoms with van der Waals surface area (Å²) in [5.74, 6) is 0.394. The Hall–Kier alpha value is -3.10. The van der Waals surface area contributed by atoms with Crippen LogP contribution < -0.4 is 10.6 Å². The number of amides is 2. The third kappa shape index (κ3) is 6.70. The molecule has 1 heterocycles. The minimum Gasteiger partial charge on any atom is -0.345 e. The smallest absolute Gasteiger partial charge is 0.244 e. The molecule has 0 aliphatic carbocycles. The van der Waals surface area contributed by atoms with Gasteiger partial charge in [0, 0.05) is 23.8 Å². The number of aromatic nitrogens is 3. The van der Waals surface area contributed by atoms with Crippen molar-refractivity contribution in [3.63, 3.8) is 0 Å². The molecule has 0 spiro atoms. The molecule has 0 atom stereocenters. The van der Waals surface area contributed by atoms with E-state index < -0.39 is 0 Å². The molecule has 0 radical (unpaired) electrons. The quantitative estimate of drug-likeness (QED) is 0.382. The normalized spacial score (nSPS) is 11.0. The second-order valence-electron chi connectivity index (χ2n) is 7.24. The second-order valence-corrected chi connectivity index (χ2v) is 8.59. The lowest BCUT2D eigenvalue weighted by Gasteiger charge is -2.08. The molecule has 1 aromatic heterocycles. The number of nitrogens with one attached hydrogen (secondary N) is 2. The van der Waals surface area contributed by atoms with Crippen molar-refractivity contribution in [3.8, 4) is 0 Å². The average molecular weight is 470 g/mol. The van der Waals surface area contributed by atoms with Gasteiger partial charge >= 0.3 is 0 Å². The van der Waals surface area contributed by atoms with E-state index in [4.69, 9.17) is 11.6 Å². The van der Waals surface area contributed by atoms with E-state index in [1.165, 1.54) is 17.8 Å². The maximum Gasteiger partial charge on any atom is 0.244 e. The molecule has 2 aromatic carbocycles. The SMILES string of the molecule is Cc1cc(C)cc(NC(=O)CSc2nnc(CNC(=O)/C=C/c3ccccc3Cl)n2C)c1. The van der Waals surface area contributed by atoms with Crippen molar-refractivity contribution in [3.05, 3.63) is 76.1 Å². The van der Waals surface area contributed by atoms with Gasteiger partial charge < -0.3 is 15.2 Å². The summed E-state index contributed by atoms with van der Waals surface area (Å²) in [5.41, 5.74) is 3.73. The molecule has 0 saturated heterocycles. The van der Waals surface area contributed by atoms with E-state index in [1.54, 1.807) is 23.8 Å². The van der Waals surface area contributed by atoms with Crippen LogP contribution in [0.25, 0.3) is 6.08 Å². The van der Waals surface area contributed by atoms with Gasteiger partial charge in [0.2, 0.25) is 11.8 Å². The third-order valence-corrected chi connectivity index (χ3v) is 5.87. The lowest BCUT2D eigenvalue weighted by molar-refractivity contribution is -0.116. The summed E-state index contributed by atoms with van der Waals surface area (Å²) in [6.07, 6.45) is 3.08. The van der Waals surface area contributed by atoms with Gasteiger partial charge in [-0.25, -0.2) is 0 Å². The van der Waals surface area contributed by atoms with Gasteiger partial charge in [-0.15, -0.1) is 10.2 Å². The highest BCUT2D eigenvalue weighted by molar-refractivity contribution is 7.99. The molecule has 0 fully saturated rings. The first-order valence-electron chi connectivity index (χ1n) is 9.91. The minimum absolute atomic E-state index is 0.123. The fraction of sp³-hybridized carbons (Fsp3) is 0.217. The number of anilines is 1. The molecular formula is C23H24ClN5O2S. The fourth-order valence-corrected chi connectivity index (χ4v) is 3.93. The number of hydrogen-bond donors (Lipinski definition) is 2. The van der Waals surface area contributed by atoms with Crippen LogP contribution in [0.2, 0.25) is 5.02 Å². The van der Waals surface area contributed by atoms with Crippen LogP contribution >= 0.6 is 23.4 Å². The zero-order valence-corrected chi connectivity index (χ0v) is 19.6. The highest BCUT2D eigenvalue weighted by atomic mass is 35.5. The van der Waals surface area contributed by atoms with Crippen LogP contribution in [-0.2, 0) is 23.2 Å². The zero-order chi connectivity index (χ0) is 23.1. The van der Waals surface area contributed by atoms with Crippen molar-refractivity contribution in [1.82, 2.24) is 20.1 Å². The summed E-state index contributed by atoms with van der Waals surface area (Å²) >= 11 is 7.36.